The molecule has 4 aromatic rings. The molecule has 0 bridgehead atoms. The van der Waals surface area contributed by atoms with Gasteiger partial charge in [0, 0.05) is 12.1 Å². The maximum absolute atomic E-state index is 5.94. The molecular formula is C24H27N3OS. The fraction of sp³-hybridized carbons (Fsp3) is 0.292. The largest absolute Gasteiger partial charge is 0.494 e. The molecule has 1 atom stereocenters. The summed E-state index contributed by atoms with van der Waals surface area (Å²) in [5.74, 6) is 3.02. The van der Waals surface area contributed by atoms with E-state index in [1.54, 1.807) is 0 Å². The molecule has 0 unspecified atom stereocenters. The number of aromatic amines is 1. The second kappa shape index (κ2) is 9.33. The number of thioether (sulfide) groups is 1. The van der Waals surface area contributed by atoms with E-state index in [9.17, 15) is 0 Å². The van der Waals surface area contributed by atoms with E-state index < -0.39 is 0 Å². The zero-order valence-electron chi connectivity index (χ0n) is 16.9. The van der Waals surface area contributed by atoms with Crippen molar-refractivity contribution in [1.82, 2.24) is 15.3 Å². The van der Waals surface area contributed by atoms with Crippen LogP contribution >= 0.6 is 11.8 Å². The highest BCUT2D eigenvalue weighted by Gasteiger charge is 2.17. The number of para-hydroxylation sites is 2. The summed E-state index contributed by atoms with van der Waals surface area (Å²) >= 11 is 1.86. The molecule has 0 radical (unpaired) electrons. The number of aromatic nitrogens is 2. The van der Waals surface area contributed by atoms with Gasteiger partial charge in [0.15, 0.2) is 0 Å². The van der Waals surface area contributed by atoms with Crippen molar-refractivity contribution in [2.45, 2.75) is 25.9 Å². The van der Waals surface area contributed by atoms with E-state index in [4.69, 9.17) is 9.72 Å². The summed E-state index contributed by atoms with van der Waals surface area (Å²) in [6.07, 6.45) is 3.16. The quantitative estimate of drug-likeness (QED) is 0.375. The van der Waals surface area contributed by atoms with Crippen molar-refractivity contribution in [3.63, 3.8) is 0 Å². The average molecular weight is 406 g/mol. The fourth-order valence-corrected chi connectivity index (χ4v) is 4.19. The summed E-state index contributed by atoms with van der Waals surface area (Å²) in [5.41, 5.74) is 3.30. The zero-order valence-corrected chi connectivity index (χ0v) is 17.8. The molecule has 3 aromatic carbocycles. The number of rotatable bonds is 9. The van der Waals surface area contributed by atoms with E-state index in [0.717, 1.165) is 41.3 Å². The lowest BCUT2D eigenvalue weighted by molar-refractivity contribution is 0.335. The van der Waals surface area contributed by atoms with Gasteiger partial charge < -0.3 is 15.0 Å². The van der Waals surface area contributed by atoms with Gasteiger partial charge in [0.25, 0.3) is 0 Å². The second-order valence-electron chi connectivity index (χ2n) is 7.05. The van der Waals surface area contributed by atoms with Crippen molar-refractivity contribution >= 4 is 33.6 Å². The third-order valence-electron chi connectivity index (χ3n) is 5.17. The minimum Gasteiger partial charge on any atom is -0.494 e. The minimum absolute atomic E-state index is 0.156. The summed E-state index contributed by atoms with van der Waals surface area (Å²) in [7, 11) is 0. The van der Waals surface area contributed by atoms with Crippen LogP contribution in [-0.2, 0) is 6.54 Å². The molecule has 150 valence electrons. The molecule has 0 saturated carbocycles. The first-order chi connectivity index (χ1) is 14.3. The number of H-pyrrole nitrogens is 1. The highest BCUT2D eigenvalue weighted by molar-refractivity contribution is 7.98. The number of hydrogen-bond acceptors (Lipinski definition) is 4. The lowest BCUT2D eigenvalue weighted by atomic mass is 10.0. The first-order valence-corrected chi connectivity index (χ1v) is 11.5. The zero-order chi connectivity index (χ0) is 20.1. The van der Waals surface area contributed by atoms with E-state index in [0.29, 0.717) is 6.61 Å². The second-order valence-corrected chi connectivity index (χ2v) is 8.04. The van der Waals surface area contributed by atoms with Gasteiger partial charge in [-0.25, -0.2) is 4.98 Å². The van der Waals surface area contributed by atoms with Crippen LogP contribution in [0.3, 0.4) is 0 Å². The van der Waals surface area contributed by atoms with Crippen molar-refractivity contribution in [2.75, 3.05) is 18.6 Å². The van der Waals surface area contributed by atoms with Gasteiger partial charge in [-0.2, -0.15) is 11.8 Å². The van der Waals surface area contributed by atoms with Gasteiger partial charge in [0.05, 0.1) is 23.7 Å². The molecule has 0 aliphatic rings. The number of hydrogen-bond donors (Lipinski definition) is 2. The Morgan fingerprint density at radius 3 is 2.72 bits per heavy atom. The van der Waals surface area contributed by atoms with Gasteiger partial charge in [-0.05, 0) is 54.3 Å². The predicted molar refractivity (Wildman–Crippen MR) is 124 cm³/mol. The van der Waals surface area contributed by atoms with Crippen molar-refractivity contribution in [3.8, 4) is 5.75 Å². The van der Waals surface area contributed by atoms with Crippen LogP contribution in [0.15, 0.2) is 60.7 Å². The van der Waals surface area contributed by atoms with Gasteiger partial charge in [-0.15, -0.1) is 0 Å². The van der Waals surface area contributed by atoms with Crippen LogP contribution in [0.1, 0.15) is 30.8 Å². The highest BCUT2D eigenvalue weighted by Crippen LogP contribution is 2.29. The SMILES string of the molecule is CCOc1ccc2ccccc2c1CN[C@H](CCSC)c1nc2ccccc2[nH]1. The monoisotopic (exact) mass is 405 g/mol. The van der Waals surface area contributed by atoms with E-state index in [1.807, 2.05) is 30.8 Å². The summed E-state index contributed by atoms with van der Waals surface area (Å²) in [5, 5.41) is 6.22. The Morgan fingerprint density at radius 1 is 1.07 bits per heavy atom. The van der Waals surface area contributed by atoms with Gasteiger partial charge in [-0.1, -0.05) is 42.5 Å². The van der Waals surface area contributed by atoms with Crippen molar-refractivity contribution in [1.29, 1.82) is 0 Å². The van der Waals surface area contributed by atoms with E-state index >= 15 is 0 Å². The Morgan fingerprint density at radius 2 is 1.90 bits per heavy atom. The normalized spacial score (nSPS) is 12.5. The van der Waals surface area contributed by atoms with Crippen LogP contribution in [-0.4, -0.2) is 28.6 Å². The third kappa shape index (κ3) is 4.41. The highest BCUT2D eigenvalue weighted by atomic mass is 32.2. The van der Waals surface area contributed by atoms with Crippen LogP contribution in [0.5, 0.6) is 5.75 Å². The van der Waals surface area contributed by atoms with E-state index in [1.165, 1.54) is 16.3 Å². The van der Waals surface area contributed by atoms with Gasteiger partial charge >= 0.3 is 0 Å². The minimum atomic E-state index is 0.156. The Kier molecular flexibility index (Phi) is 6.37. The maximum atomic E-state index is 5.94. The van der Waals surface area contributed by atoms with Crippen molar-refractivity contribution in [3.05, 3.63) is 72.1 Å². The van der Waals surface area contributed by atoms with Crippen LogP contribution in [0, 0.1) is 0 Å². The summed E-state index contributed by atoms with van der Waals surface area (Å²) in [4.78, 5) is 8.34. The smallest absolute Gasteiger partial charge is 0.124 e. The first kappa shape index (κ1) is 19.8. The number of imidazole rings is 1. The molecule has 1 heterocycles. The molecule has 5 heteroatoms. The average Bonchev–Trinajstić information content (AvgIpc) is 3.19. The van der Waals surface area contributed by atoms with Crippen molar-refractivity contribution in [2.24, 2.45) is 0 Å². The summed E-state index contributed by atoms with van der Waals surface area (Å²) < 4.78 is 5.94. The molecule has 0 fully saturated rings. The molecule has 0 saturated heterocycles. The molecule has 0 aliphatic heterocycles. The van der Waals surface area contributed by atoms with Crippen LogP contribution in [0.4, 0.5) is 0 Å². The molecular weight excluding hydrogens is 378 g/mol. The molecule has 0 aliphatic carbocycles. The molecule has 0 amide bonds. The van der Waals surface area contributed by atoms with Gasteiger partial charge in [0.2, 0.25) is 0 Å². The standard InChI is InChI=1S/C24H27N3OS/c1-3-28-23-13-12-17-8-4-5-9-18(17)19(23)16-25-22(14-15-29-2)24-26-20-10-6-7-11-21(20)27-24/h4-13,22,25H,3,14-16H2,1-2H3,(H,26,27)/t22-/m1/s1. The lowest BCUT2D eigenvalue weighted by Crippen LogP contribution is -2.23. The first-order valence-electron chi connectivity index (χ1n) is 10.1. The Bertz CT molecular complexity index is 1060. The molecule has 1 aromatic heterocycles. The third-order valence-corrected chi connectivity index (χ3v) is 5.82. The van der Waals surface area contributed by atoms with E-state index in [-0.39, 0.29) is 6.04 Å². The van der Waals surface area contributed by atoms with Gasteiger partial charge in [0.1, 0.15) is 11.6 Å². The van der Waals surface area contributed by atoms with E-state index in [2.05, 4.69) is 65.1 Å². The topological polar surface area (TPSA) is 49.9 Å². The number of ether oxygens (including phenoxy) is 1. The molecule has 4 rings (SSSR count). The van der Waals surface area contributed by atoms with Crippen molar-refractivity contribution < 1.29 is 4.74 Å². The van der Waals surface area contributed by atoms with Crippen LogP contribution < -0.4 is 10.1 Å². The molecule has 0 spiro atoms. The molecule has 29 heavy (non-hydrogen) atoms. The Hall–Kier alpha value is -2.50. The summed E-state index contributed by atoms with van der Waals surface area (Å²) in [6.45, 7) is 3.42. The molecule has 2 N–H and O–H groups in total. The fourth-order valence-electron chi connectivity index (χ4n) is 3.72. The number of benzene rings is 3. The lowest BCUT2D eigenvalue weighted by Gasteiger charge is -2.19. The number of nitrogens with zero attached hydrogens (tertiary/aromatic N) is 1. The van der Waals surface area contributed by atoms with Gasteiger partial charge in [-0.3, -0.25) is 0 Å². The van der Waals surface area contributed by atoms with Crippen LogP contribution in [0.2, 0.25) is 0 Å². The van der Waals surface area contributed by atoms with Crippen LogP contribution in [0.25, 0.3) is 21.8 Å². The maximum Gasteiger partial charge on any atom is 0.124 e. The molecule has 4 nitrogen and oxygen atoms in total. The Labute approximate surface area is 176 Å². The summed E-state index contributed by atoms with van der Waals surface area (Å²) in [6, 6.07) is 21.1. The number of fused-ring (bicyclic) bond motifs is 2. The Balaban J connectivity index is 1.64. The number of nitrogens with one attached hydrogen (secondary N) is 2. The predicted octanol–water partition coefficient (Wildman–Crippen LogP) is 5.70.